The van der Waals surface area contributed by atoms with Crippen molar-refractivity contribution in [1.82, 2.24) is 15.0 Å². The van der Waals surface area contributed by atoms with Crippen molar-refractivity contribution < 1.29 is 9.53 Å². The van der Waals surface area contributed by atoms with Crippen molar-refractivity contribution in [2.45, 2.75) is 45.6 Å². The third-order valence-electron chi connectivity index (χ3n) is 3.71. The monoisotopic (exact) mass is 301 g/mol. The molecule has 5 heteroatoms. The van der Waals surface area contributed by atoms with E-state index in [2.05, 4.69) is 17.2 Å². The summed E-state index contributed by atoms with van der Waals surface area (Å²) in [5, 5.41) is 8.13. The molecule has 2 aromatic rings. The summed E-state index contributed by atoms with van der Waals surface area (Å²) >= 11 is 0. The minimum Gasteiger partial charge on any atom is -0.496 e. The zero-order valence-corrected chi connectivity index (χ0v) is 13.3. The zero-order chi connectivity index (χ0) is 15.8. The van der Waals surface area contributed by atoms with Crippen LogP contribution in [0.3, 0.4) is 0 Å². The Morgan fingerprint density at radius 3 is 2.68 bits per heavy atom. The summed E-state index contributed by atoms with van der Waals surface area (Å²) in [5.41, 5.74) is 1.95. The Morgan fingerprint density at radius 2 is 1.95 bits per heavy atom. The highest BCUT2D eigenvalue weighted by molar-refractivity contribution is 5.85. The second-order valence-corrected chi connectivity index (χ2v) is 5.28. The Morgan fingerprint density at radius 1 is 1.18 bits per heavy atom. The number of benzene rings is 1. The maximum Gasteiger partial charge on any atom is 0.172 e. The first-order valence-corrected chi connectivity index (χ1v) is 7.83. The van der Waals surface area contributed by atoms with Crippen LogP contribution in [0.1, 0.15) is 49.5 Å². The Labute approximate surface area is 131 Å². The van der Waals surface area contributed by atoms with Gasteiger partial charge in [0.15, 0.2) is 12.0 Å². The number of aryl methyl sites for hydroxylation is 1. The lowest BCUT2D eigenvalue weighted by molar-refractivity contribution is 0.111. The Kier molecular flexibility index (Phi) is 6.13. The topological polar surface area (TPSA) is 57.0 Å². The lowest BCUT2D eigenvalue weighted by Crippen LogP contribution is -2.04. The van der Waals surface area contributed by atoms with E-state index >= 15 is 0 Å². The second-order valence-electron chi connectivity index (χ2n) is 5.28. The molecule has 0 aliphatic heterocycles. The fraction of sp³-hybridized carbons (Fsp3) is 0.471. The van der Waals surface area contributed by atoms with Crippen LogP contribution >= 0.6 is 0 Å². The first-order valence-electron chi connectivity index (χ1n) is 7.83. The molecular formula is C17H23N3O2. The zero-order valence-electron chi connectivity index (χ0n) is 13.3. The Hall–Kier alpha value is -2.17. The van der Waals surface area contributed by atoms with E-state index in [1.807, 2.05) is 28.9 Å². The van der Waals surface area contributed by atoms with Gasteiger partial charge < -0.3 is 4.74 Å². The summed E-state index contributed by atoms with van der Waals surface area (Å²) in [6.07, 6.45) is 6.67. The predicted octanol–water partition coefficient (Wildman–Crippen LogP) is 3.74. The van der Waals surface area contributed by atoms with Crippen molar-refractivity contribution in [3.05, 3.63) is 30.0 Å². The van der Waals surface area contributed by atoms with E-state index in [-0.39, 0.29) is 0 Å². The SMILES string of the molecule is CCCCCCCn1nnc(C=O)c1-c1ccccc1OC. The fourth-order valence-corrected chi connectivity index (χ4v) is 2.54. The fourth-order valence-electron chi connectivity index (χ4n) is 2.54. The molecule has 0 aliphatic rings. The molecule has 0 N–H and O–H groups in total. The van der Waals surface area contributed by atoms with Gasteiger partial charge in [0.1, 0.15) is 11.4 Å². The molecule has 0 bridgehead atoms. The van der Waals surface area contributed by atoms with E-state index in [4.69, 9.17) is 4.74 Å². The molecule has 2 rings (SSSR count). The summed E-state index contributed by atoms with van der Waals surface area (Å²) in [4.78, 5) is 11.3. The number of rotatable bonds is 9. The van der Waals surface area contributed by atoms with Gasteiger partial charge in [-0.1, -0.05) is 50.0 Å². The molecular weight excluding hydrogens is 278 g/mol. The number of hydrogen-bond donors (Lipinski definition) is 0. The minimum atomic E-state index is 0.359. The number of carbonyl (C=O) groups excluding carboxylic acids is 1. The molecule has 0 spiro atoms. The highest BCUT2D eigenvalue weighted by atomic mass is 16.5. The number of aromatic nitrogens is 3. The number of ether oxygens (including phenoxy) is 1. The van der Waals surface area contributed by atoms with Crippen LogP contribution in [-0.4, -0.2) is 28.4 Å². The average molecular weight is 301 g/mol. The number of hydrogen-bond acceptors (Lipinski definition) is 4. The van der Waals surface area contributed by atoms with Gasteiger partial charge in [0, 0.05) is 12.1 Å². The molecule has 0 saturated heterocycles. The lowest BCUT2D eigenvalue weighted by atomic mass is 10.1. The van der Waals surface area contributed by atoms with Gasteiger partial charge in [-0.15, -0.1) is 5.10 Å². The normalized spacial score (nSPS) is 10.6. The predicted molar refractivity (Wildman–Crippen MR) is 86.2 cm³/mol. The number of methoxy groups -OCH3 is 1. The summed E-state index contributed by atoms with van der Waals surface area (Å²) < 4.78 is 7.21. The molecule has 0 amide bonds. The first-order chi connectivity index (χ1) is 10.8. The molecule has 1 aromatic heterocycles. The number of carbonyl (C=O) groups is 1. The molecule has 118 valence electrons. The van der Waals surface area contributed by atoms with Crippen LogP contribution in [0.2, 0.25) is 0 Å². The van der Waals surface area contributed by atoms with Gasteiger partial charge in [0.25, 0.3) is 0 Å². The Bertz CT molecular complexity index is 608. The molecule has 5 nitrogen and oxygen atoms in total. The number of unbranched alkanes of at least 4 members (excludes halogenated alkanes) is 4. The van der Waals surface area contributed by atoms with E-state index in [0.29, 0.717) is 5.69 Å². The Balaban J connectivity index is 2.22. The van der Waals surface area contributed by atoms with Crippen molar-refractivity contribution in [3.8, 4) is 17.0 Å². The number of nitrogens with zero attached hydrogens (tertiary/aromatic N) is 3. The van der Waals surface area contributed by atoms with E-state index in [0.717, 1.165) is 42.7 Å². The quantitative estimate of drug-likeness (QED) is 0.523. The van der Waals surface area contributed by atoms with Crippen molar-refractivity contribution >= 4 is 6.29 Å². The lowest BCUT2D eigenvalue weighted by Gasteiger charge is -2.10. The molecule has 1 heterocycles. The molecule has 0 saturated carbocycles. The average Bonchev–Trinajstić information content (AvgIpc) is 2.97. The highest BCUT2D eigenvalue weighted by Gasteiger charge is 2.17. The van der Waals surface area contributed by atoms with Gasteiger partial charge in [0.2, 0.25) is 0 Å². The number of aldehydes is 1. The van der Waals surface area contributed by atoms with Gasteiger partial charge in [-0.05, 0) is 18.6 Å². The van der Waals surface area contributed by atoms with Crippen molar-refractivity contribution in [1.29, 1.82) is 0 Å². The third kappa shape index (κ3) is 3.72. The van der Waals surface area contributed by atoms with Gasteiger partial charge in [-0.3, -0.25) is 4.79 Å². The number of para-hydroxylation sites is 1. The molecule has 0 aliphatic carbocycles. The third-order valence-corrected chi connectivity index (χ3v) is 3.71. The largest absolute Gasteiger partial charge is 0.496 e. The summed E-state index contributed by atoms with van der Waals surface area (Å²) in [6.45, 7) is 2.96. The van der Waals surface area contributed by atoms with E-state index in [1.165, 1.54) is 19.3 Å². The molecule has 0 radical (unpaired) electrons. The van der Waals surface area contributed by atoms with Gasteiger partial charge in [-0.25, -0.2) is 4.68 Å². The molecule has 1 aromatic carbocycles. The summed E-state index contributed by atoms with van der Waals surface area (Å²) in [7, 11) is 1.62. The van der Waals surface area contributed by atoms with Crippen LogP contribution < -0.4 is 4.74 Å². The van der Waals surface area contributed by atoms with Gasteiger partial charge >= 0.3 is 0 Å². The molecule has 0 unspecified atom stereocenters. The molecule has 0 fully saturated rings. The molecule has 22 heavy (non-hydrogen) atoms. The van der Waals surface area contributed by atoms with E-state index in [9.17, 15) is 4.79 Å². The van der Waals surface area contributed by atoms with Crippen LogP contribution in [0, 0.1) is 0 Å². The maximum atomic E-state index is 11.3. The highest BCUT2D eigenvalue weighted by Crippen LogP contribution is 2.30. The minimum absolute atomic E-state index is 0.359. The van der Waals surface area contributed by atoms with Crippen molar-refractivity contribution in [3.63, 3.8) is 0 Å². The maximum absolute atomic E-state index is 11.3. The standard InChI is InChI=1S/C17H23N3O2/c1-3-4-5-6-9-12-20-17(15(13-21)18-19-20)14-10-7-8-11-16(14)22-2/h7-8,10-11,13H,3-6,9,12H2,1-2H3. The van der Waals surface area contributed by atoms with E-state index < -0.39 is 0 Å². The van der Waals surface area contributed by atoms with Crippen LogP contribution in [0.25, 0.3) is 11.3 Å². The van der Waals surface area contributed by atoms with Gasteiger partial charge in [0.05, 0.1) is 7.11 Å². The van der Waals surface area contributed by atoms with Crippen molar-refractivity contribution in [2.24, 2.45) is 0 Å². The van der Waals surface area contributed by atoms with Gasteiger partial charge in [-0.2, -0.15) is 0 Å². The van der Waals surface area contributed by atoms with Crippen molar-refractivity contribution in [2.75, 3.05) is 7.11 Å². The first kappa shape index (κ1) is 16.2. The smallest absolute Gasteiger partial charge is 0.172 e. The van der Waals surface area contributed by atoms with Crippen LogP contribution in [-0.2, 0) is 6.54 Å². The van der Waals surface area contributed by atoms with Crippen LogP contribution in [0.4, 0.5) is 0 Å². The van der Waals surface area contributed by atoms with Crippen LogP contribution in [0.5, 0.6) is 5.75 Å². The van der Waals surface area contributed by atoms with E-state index in [1.54, 1.807) is 7.11 Å². The van der Waals surface area contributed by atoms with Crippen LogP contribution in [0.15, 0.2) is 24.3 Å². The summed E-state index contributed by atoms with van der Waals surface area (Å²) in [5.74, 6) is 0.722. The summed E-state index contributed by atoms with van der Waals surface area (Å²) in [6, 6.07) is 7.63. The second kappa shape index (κ2) is 8.32. The molecule has 0 atom stereocenters.